The third kappa shape index (κ3) is 4.88. The average molecular weight is 332 g/mol. The highest BCUT2D eigenvalue weighted by molar-refractivity contribution is 7.80. The second-order valence-electron chi connectivity index (χ2n) is 4.81. The molecule has 1 aliphatic heterocycles. The summed E-state index contributed by atoms with van der Waals surface area (Å²) >= 11 is 3.95. The number of carboxylic acids is 1. The lowest BCUT2D eigenvalue weighted by Crippen LogP contribution is -2.52. The predicted molar refractivity (Wildman–Crippen MR) is 80.2 cm³/mol. The molecule has 1 rings (SSSR count). The summed E-state index contributed by atoms with van der Waals surface area (Å²) in [5.74, 6) is -2.56. The topological polar surface area (TPSA) is 142 Å². The van der Waals surface area contributed by atoms with Crippen molar-refractivity contribution >= 4 is 36.3 Å². The van der Waals surface area contributed by atoms with Crippen LogP contribution in [0.4, 0.5) is 0 Å². The molecule has 0 radical (unpaired) electrons. The number of amides is 3. The molecule has 0 spiro atoms. The number of nitrogens with one attached hydrogen (secondary N) is 2. The molecule has 3 amide bonds. The van der Waals surface area contributed by atoms with Gasteiger partial charge in [-0.2, -0.15) is 12.6 Å². The van der Waals surface area contributed by atoms with Crippen molar-refractivity contribution in [2.24, 2.45) is 5.73 Å². The molecule has 0 bridgehead atoms. The van der Waals surface area contributed by atoms with E-state index in [0.717, 1.165) is 0 Å². The average Bonchev–Trinajstić information content (AvgIpc) is 2.99. The summed E-state index contributed by atoms with van der Waals surface area (Å²) in [6.45, 7) is -0.235. The number of likely N-dealkylation sites (tertiary alicyclic amines) is 1. The molecule has 0 aromatic carbocycles. The first-order chi connectivity index (χ1) is 10.4. The smallest absolute Gasteiger partial charge is 0.326 e. The van der Waals surface area contributed by atoms with Crippen LogP contribution >= 0.6 is 12.6 Å². The molecule has 9 nitrogen and oxygen atoms in total. The lowest BCUT2D eigenvalue weighted by molar-refractivity contribution is -0.148. The molecule has 124 valence electrons. The molecule has 1 saturated heterocycles. The van der Waals surface area contributed by atoms with Crippen molar-refractivity contribution in [3.63, 3.8) is 0 Å². The largest absolute Gasteiger partial charge is 0.480 e. The van der Waals surface area contributed by atoms with Gasteiger partial charge in [-0.15, -0.1) is 0 Å². The molecule has 0 aromatic rings. The van der Waals surface area contributed by atoms with Gasteiger partial charge in [0.05, 0.1) is 13.1 Å². The van der Waals surface area contributed by atoms with Gasteiger partial charge in [0.1, 0.15) is 12.1 Å². The lowest BCUT2D eigenvalue weighted by atomic mass is 10.2. The highest BCUT2D eigenvalue weighted by Gasteiger charge is 2.34. The van der Waals surface area contributed by atoms with E-state index in [1.54, 1.807) is 0 Å². The van der Waals surface area contributed by atoms with E-state index in [-0.39, 0.29) is 18.8 Å². The summed E-state index contributed by atoms with van der Waals surface area (Å²) in [4.78, 5) is 47.2. The number of hydrogen-bond donors (Lipinski definition) is 5. The number of hydrogen-bond acceptors (Lipinski definition) is 6. The highest BCUT2D eigenvalue weighted by Crippen LogP contribution is 2.17. The van der Waals surface area contributed by atoms with Crippen LogP contribution in [-0.2, 0) is 19.2 Å². The van der Waals surface area contributed by atoms with Gasteiger partial charge in [-0.3, -0.25) is 14.4 Å². The number of nitrogens with zero attached hydrogens (tertiary/aromatic N) is 1. The van der Waals surface area contributed by atoms with E-state index in [2.05, 4.69) is 23.3 Å². The van der Waals surface area contributed by atoms with E-state index in [4.69, 9.17) is 10.8 Å². The van der Waals surface area contributed by atoms with Crippen LogP contribution in [0.3, 0.4) is 0 Å². The van der Waals surface area contributed by atoms with E-state index < -0.39 is 35.8 Å². The number of nitrogens with two attached hydrogens (primary N) is 1. The third-order valence-corrected chi connectivity index (χ3v) is 3.66. The van der Waals surface area contributed by atoms with Gasteiger partial charge in [0.15, 0.2) is 0 Å². The Morgan fingerprint density at radius 1 is 1.36 bits per heavy atom. The van der Waals surface area contributed by atoms with E-state index in [9.17, 15) is 19.2 Å². The Bertz CT molecular complexity index is 459. The van der Waals surface area contributed by atoms with Gasteiger partial charge < -0.3 is 26.4 Å². The minimum absolute atomic E-state index is 0.0488. The fourth-order valence-electron chi connectivity index (χ4n) is 2.16. The molecule has 5 N–H and O–H groups in total. The summed E-state index contributed by atoms with van der Waals surface area (Å²) in [6.07, 6.45) is 1.02. The first-order valence-electron chi connectivity index (χ1n) is 6.81. The fraction of sp³-hybridized carbons (Fsp3) is 0.667. The normalized spacial score (nSPS) is 18.6. The summed E-state index contributed by atoms with van der Waals surface area (Å²) in [5, 5.41) is 13.7. The van der Waals surface area contributed by atoms with Crippen molar-refractivity contribution < 1.29 is 24.3 Å². The van der Waals surface area contributed by atoms with E-state index in [1.807, 2.05) is 0 Å². The van der Waals surface area contributed by atoms with Crippen LogP contribution in [0.5, 0.6) is 0 Å². The number of carboxylic acid groups (broad SMARTS) is 1. The quantitative estimate of drug-likeness (QED) is 0.328. The van der Waals surface area contributed by atoms with Crippen molar-refractivity contribution in [1.29, 1.82) is 0 Å². The molecule has 1 aliphatic rings. The molecular formula is C12H20N4O5S. The van der Waals surface area contributed by atoms with Crippen LogP contribution in [0.1, 0.15) is 12.8 Å². The van der Waals surface area contributed by atoms with Crippen molar-refractivity contribution in [2.45, 2.75) is 24.9 Å². The molecule has 0 aromatic heterocycles. The molecule has 1 fully saturated rings. The molecule has 22 heavy (non-hydrogen) atoms. The minimum Gasteiger partial charge on any atom is -0.480 e. The van der Waals surface area contributed by atoms with Crippen LogP contribution in [0.25, 0.3) is 0 Å². The number of carbonyl (C=O) groups excluding carboxylic acids is 3. The highest BCUT2D eigenvalue weighted by atomic mass is 32.1. The zero-order chi connectivity index (χ0) is 16.7. The summed E-state index contributed by atoms with van der Waals surface area (Å²) in [6, 6.07) is -1.75. The van der Waals surface area contributed by atoms with Gasteiger partial charge in [0, 0.05) is 12.3 Å². The van der Waals surface area contributed by atoms with E-state index in [0.29, 0.717) is 19.4 Å². The first-order valence-corrected chi connectivity index (χ1v) is 7.44. The summed E-state index contributed by atoms with van der Waals surface area (Å²) in [5.41, 5.74) is 5.14. The molecule has 1 heterocycles. The maximum atomic E-state index is 12.0. The van der Waals surface area contributed by atoms with Crippen LogP contribution in [0.2, 0.25) is 0 Å². The lowest BCUT2D eigenvalue weighted by Gasteiger charge is -2.22. The Hall–Kier alpha value is -1.81. The van der Waals surface area contributed by atoms with E-state index >= 15 is 0 Å². The molecule has 0 saturated carbocycles. The maximum absolute atomic E-state index is 12.0. The van der Waals surface area contributed by atoms with Crippen molar-refractivity contribution in [1.82, 2.24) is 15.5 Å². The van der Waals surface area contributed by atoms with Gasteiger partial charge in [-0.1, -0.05) is 0 Å². The Morgan fingerprint density at radius 2 is 2.05 bits per heavy atom. The van der Waals surface area contributed by atoms with Gasteiger partial charge in [-0.25, -0.2) is 4.79 Å². The number of rotatable bonds is 7. The predicted octanol–water partition coefficient (Wildman–Crippen LogP) is -2.45. The summed E-state index contributed by atoms with van der Waals surface area (Å²) < 4.78 is 0. The zero-order valence-electron chi connectivity index (χ0n) is 11.9. The minimum atomic E-state index is -1.05. The SMILES string of the molecule is NCC(=O)N[C@@H](CS)C(=O)NCC(=O)N1CCC[C@H]1C(=O)O. The third-order valence-electron chi connectivity index (χ3n) is 3.29. The van der Waals surface area contributed by atoms with Crippen LogP contribution in [0.15, 0.2) is 0 Å². The number of thiol groups is 1. The Labute approximate surface area is 133 Å². The van der Waals surface area contributed by atoms with Gasteiger partial charge in [0.2, 0.25) is 17.7 Å². The van der Waals surface area contributed by atoms with Crippen LogP contribution in [-0.4, -0.2) is 71.2 Å². The molecule has 2 atom stereocenters. The molecule has 0 unspecified atom stereocenters. The van der Waals surface area contributed by atoms with Gasteiger partial charge in [-0.05, 0) is 12.8 Å². The van der Waals surface area contributed by atoms with Crippen LogP contribution in [0, 0.1) is 0 Å². The van der Waals surface area contributed by atoms with Crippen LogP contribution < -0.4 is 16.4 Å². The monoisotopic (exact) mass is 332 g/mol. The number of carbonyl (C=O) groups is 4. The Balaban J connectivity index is 2.50. The molecular weight excluding hydrogens is 312 g/mol. The van der Waals surface area contributed by atoms with Gasteiger partial charge >= 0.3 is 5.97 Å². The summed E-state index contributed by atoms with van der Waals surface area (Å²) in [7, 11) is 0. The standard InChI is InChI=1S/C12H20N4O5S/c13-4-9(17)15-7(6-22)11(19)14-5-10(18)16-3-1-2-8(16)12(20)21/h7-8,22H,1-6,13H2,(H,14,19)(H,15,17)(H,20,21)/t7-,8-/m0/s1. The van der Waals surface area contributed by atoms with Crippen molar-refractivity contribution in [3.8, 4) is 0 Å². The van der Waals surface area contributed by atoms with Crippen molar-refractivity contribution in [2.75, 3.05) is 25.4 Å². The zero-order valence-corrected chi connectivity index (χ0v) is 12.8. The van der Waals surface area contributed by atoms with E-state index in [1.165, 1.54) is 4.90 Å². The van der Waals surface area contributed by atoms with Gasteiger partial charge in [0.25, 0.3) is 0 Å². The second kappa shape index (κ2) is 8.59. The maximum Gasteiger partial charge on any atom is 0.326 e. The first kappa shape index (κ1) is 18.2. The Morgan fingerprint density at radius 3 is 2.59 bits per heavy atom. The number of aliphatic carboxylic acids is 1. The fourth-order valence-corrected chi connectivity index (χ4v) is 2.41. The molecule has 10 heteroatoms. The second-order valence-corrected chi connectivity index (χ2v) is 5.17. The molecule has 0 aliphatic carbocycles. The Kier molecular flexibility index (Phi) is 7.12. The van der Waals surface area contributed by atoms with Crippen molar-refractivity contribution in [3.05, 3.63) is 0 Å².